The molecular formula is C24H29NO2. The van der Waals surface area contributed by atoms with Crippen LogP contribution in [0.5, 0.6) is 0 Å². The van der Waals surface area contributed by atoms with Crippen LogP contribution in [0.2, 0.25) is 0 Å². The van der Waals surface area contributed by atoms with Crippen molar-refractivity contribution in [1.82, 2.24) is 4.57 Å². The van der Waals surface area contributed by atoms with Crippen molar-refractivity contribution in [1.29, 1.82) is 0 Å². The minimum absolute atomic E-state index is 0.0642. The Morgan fingerprint density at radius 1 is 1.07 bits per heavy atom. The van der Waals surface area contributed by atoms with Gasteiger partial charge in [0.1, 0.15) is 6.54 Å². The lowest BCUT2D eigenvalue weighted by Crippen LogP contribution is -2.35. The number of hydrogen-bond donors (Lipinski definition) is 0. The van der Waals surface area contributed by atoms with Gasteiger partial charge in [-0.05, 0) is 37.0 Å². The predicted molar refractivity (Wildman–Crippen MR) is 111 cm³/mol. The van der Waals surface area contributed by atoms with Crippen LogP contribution in [0.4, 0.5) is 0 Å². The molecule has 3 nitrogen and oxygen atoms in total. The Morgan fingerprint density at radius 2 is 1.74 bits per heavy atom. The number of nitrogens with zero attached hydrogens (tertiary/aromatic N) is 1. The van der Waals surface area contributed by atoms with E-state index < -0.39 is 0 Å². The zero-order valence-electron chi connectivity index (χ0n) is 16.8. The summed E-state index contributed by atoms with van der Waals surface area (Å²) in [6.07, 6.45) is 5.72. The van der Waals surface area contributed by atoms with Crippen LogP contribution < -0.4 is 0 Å². The summed E-state index contributed by atoms with van der Waals surface area (Å²) in [4.78, 5) is 11.8. The van der Waals surface area contributed by atoms with Crippen LogP contribution in [-0.2, 0) is 21.5 Å². The lowest BCUT2D eigenvalue weighted by Gasteiger charge is -2.43. The Morgan fingerprint density at radius 3 is 2.33 bits per heavy atom. The Balaban J connectivity index is 0.00000102. The summed E-state index contributed by atoms with van der Waals surface area (Å²) in [7, 11) is 1.44. The highest BCUT2D eigenvalue weighted by Gasteiger charge is 2.42. The molecule has 1 aliphatic rings. The smallest absolute Gasteiger partial charge is 0.325 e. The number of rotatable bonds is 4. The van der Waals surface area contributed by atoms with E-state index >= 15 is 0 Å². The number of aryl methyl sites for hydroxylation is 1. The summed E-state index contributed by atoms with van der Waals surface area (Å²) in [5, 5.41) is 1.24. The molecule has 1 aromatic heterocycles. The van der Waals surface area contributed by atoms with E-state index in [2.05, 4.69) is 55.6 Å². The third kappa shape index (κ3) is 3.39. The molecular weight excluding hydrogens is 334 g/mol. The van der Waals surface area contributed by atoms with E-state index in [0.717, 1.165) is 18.4 Å². The molecule has 1 heterocycles. The van der Waals surface area contributed by atoms with E-state index in [9.17, 15) is 4.79 Å². The molecule has 0 unspecified atom stereocenters. The first-order valence-electron chi connectivity index (χ1n) is 9.86. The summed E-state index contributed by atoms with van der Waals surface area (Å²) in [5.41, 5.74) is 5.16. The molecule has 0 spiro atoms. The molecule has 0 aliphatic heterocycles. The van der Waals surface area contributed by atoms with E-state index in [-0.39, 0.29) is 17.9 Å². The van der Waals surface area contributed by atoms with Crippen LogP contribution in [0.1, 0.15) is 49.8 Å². The minimum Gasteiger partial charge on any atom is -0.468 e. The number of carbonyl (C=O) groups excluding carboxylic acids is 1. The molecule has 0 amide bonds. The third-order valence-corrected chi connectivity index (χ3v) is 5.64. The molecule has 0 bridgehead atoms. The van der Waals surface area contributed by atoms with Crippen molar-refractivity contribution in [3.63, 3.8) is 0 Å². The second kappa shape index (κ2) is 7.99. The van der Waals surface area contributed by atoms with Crippen molar-refractivity contribution in [2.75, 3.05) is 7.11 Å². The van der Waals surface area contributed by atoms with E-state index in [0.29, 0.717) is 0 Å². The number of hydrogen-bond acceptors (Lipinski definition) is 2. The van der Waals surface area contributed by atoms with E-state index in [1.807, 2.05) is 24.5 Å². The van der Waals surface area contributed by atoms with Crippen LogP contribution in [0.3, 0.4) is 0 Å². The lowest BCUT2D eigenvalue weighted by atomic mass is 9.60. The topological polar surface area (TPSA) is 31.2 Å². The standard InChI is InChI=1S/C22H23NO2.C2H6/c1-16-8-10-17(11-9-16)22(12-5-13-22)19-14-23(15-21(24)25-2)20-7-4-3-6-18(19)20;1-2/h3-4,6-11,14H,5,12-13,15H2,1-2H3;1-2H3. The number of para-hydroxylation sites is 1. The summed E-state index contributed by atoms with van der Waals surface area (Å²) in [5.74, 6) is -0.217. The highest BCUT2D eigenvalue weighted by atomic mass is 16.5. The Bertz CT molecular complexity index is 917. The average Bonchev–Trinajstić information content (AvgIpc) is 3.03. The molecule has 3 aromatic rings. The fraction of sp³-hybridized carbons (Fsp3) is 0.375. The minimum atomic E-state index is -0.217. The van der Waals surface area contributed by atoms with Gasteiger partial charge in [0.15, 0.2) is 0 Å². The largest absolute Gasteiger partial charge is 0.468 e. The average molecular weight is 364 g/mol. The molecule has 3 heteroatoms. The molecule has 1 aliphatic carbocycles. The van der Waals surface area contributed by atoms with Gasteiger partial charge in [-0.25, -0.2) is 0 Å². The Kier molecular flexibility index (Phi) is 5.69. The van der Waals surface area contributed by atoms with Gasteiger partial charge >= 0.3 is 5.97 Å². The summed E-state index contributed by atoms with van der Waals surface area (Å²) in [6.45, 7) is 6.38. The first kappa shape index (κ1) is 19.2. The summed E-state index contributed by atoms with van der Waals surface area (Å²) in [6, 6.07) is 17.3. The molecule has 27 heavy (non-hydrogen) atoms. The summed E-state index contributed by atoms with van der Waals surface area (Å²) < 4.78 is 6.91. The van der Waals surface area contributed by atoms with Gasteiger partial charge < -0.3 is 9.30 Å². The molecule has 142 valence electrons. The number of fused-ring (bicyclic) bond motifs is 1. The Labute approximate surface area is 162 Å². The number of aromatic nitrogens is 1. The first-order chi connectivity index (χ1) is 13.1. The SMILES string of the molecule is CC.COC(=O)Cn1cc(C2(c3ccc(C)cc3)CCC2)c2ccccc21. The molecule has 1 saturated carbocycles. The normalized spacial score (nSPS) is 14.8. The fourth-order valence-corrected chi connectivity index (χ4v) is 4.08. The maximum absolute atomic E-state index is 11.8. The quantitative estimate of drug-likeness (QED) is 0.563. The molecule has 4 rings (SSSR count). The maximum Gasteiger partial charge on any atom is 0.325 e. The second-order valence-electron chi connectivity index (χ2n) is 7.07. The van der Waals surface area contributed by atoms with Crippen molar-refractivity contribution in [2.24, 2.45) is 0 Å². The fourth-order valence-electron chi connectivity index (χ4n) is 4.08. The van der Waals surface area contributed by atoms with Crippen molar-refractivity contribution >= 4 is 16.9 Å². The molecule has 0 saturated heterocycles. The number of ether oxygens (including phenoxy) is 1. The number of benzene rings is 2. The molecule has 0 atom stereocenters. The Hall–Kier alpha value is -2.55. The van der Waals surface area contributed by atoms with Crippen molar-refractivity contribution in [3.05, 3.63) is 71.4 Å². The van der Waals surface area contributed by atoms with E-state index in [1.165, 1.54) is 35.6 Å². The van der Waals surface area contributed by atoms with Crippen molar-refractivity contribution in [3.8, 4) is 0 Å². The highest BCUT2D eigenvalue weighted by molar-refractivity contribution is 5.87. The van der Waals surface area contributed by atoms with Gasteiger partial charge in [0.2, 0.25) is 0 Å². The number of carbonyl (C=O) groups is 1. The van der Waals surface area contributed by atoms with Gasteiger partial charge in [-0.3, -0.25) is 4.79 Å². The molecule has 0 radical (unpaired) electrons. The lowest BCUT2D eigenvalue weighted by molar-refractivity contribution is -0.141. The van der Waals surface area contributed by atoms with Crippen LogP contribution in [0.25, 0.3) is 10.9 Å². The van der Waals surface area contributed by atoms with E-state index in [4.69, 9.17) is 4.74 Å². The van der Waals surface area contributed by atoms with Gasteiger partial charge in [0.25, 0.3) is 0 Å². The molecule has 2 aromatic carbocycles. The number of esters is 1. The third-order valence-electron chi connectivity index (χ3n) is 5.64. The molecule has 1 fully saturated rings. The van der Waals surface area contributed by atoms with Gasteiger partial charge in [-0.2, -0.15) is 0 Å². The summed E-state index contributed by atoms with van der Waals surface area (Å²) >= 11 is 0. The van der Waals surface area contributed by atoms with Gasteiger partial charge in [0.05, 0.1) is 7.11 Å². The number of methoxy groups -OCH3 is 1. The van der Waals surface area contributed by atoms with Crippen LogP contribution >= 0.6 is 0 Å². The van der Waals surface area contributed by atoms with Gasteiger partial charge in [-0.15, -0.1) is 0 Å². The van der Waals surface area contributed by atoms with Crippen LogP contribution in [-0.4, -0.2) is 17.6 Å². The van der Waals surface area contributed by atoms with Crippen LogP contribution in [0, 0.1) is 6.92 Å². The van der Waals surface area contributed by atoms with Crippen molar-refractivity contribution in [2.45, 2.75) is 52.0 Å². The maximum atomic E-state index is 11.8. The van der Waals surface area contributed by atoms with Gasteiger partial charge in [-0.1, -0.05) is 68.3 Å². The zero-order chi connectivity index (χ0) is 19.4. The first-order valence-corrected chi connectivity index (χ1v) is 9.86. The van der Waals surface area contributed by atoms with Gasteiger partial charge in [0, 0.05) is 22.5 Å². The predicted octanol–water partition coefficient (Wildman–Crippen LogP) is 5.62. The van der Waals surface area contributed by atoms with Crippen molar-refractivity contribution < 1.29 is 9.53 Å². The second-order valence-corrected chi connectivity index (χ2v) is 7.07. The monoisotopic (exact) mass is 363 g/mol. The zero-order valence-corrected chi connectivity index (χ0v) is 16.8. The van der Waals surface area contributed by atoms with E-state index in [1.54, 1.807) is 0 Å². The molecule has 0 N–H and O–H groups in total. The van der Waals surface area contributed by atoms with Crippen LogP contribution in [0.15, 0.2) is 54.7 Å². The highest BCUT2D eigenvalue weighted by Crippen LogP contribution is 2.51.